The van der Waals surface area contributed by atoms with Crippen LogP contribution in [0.15, 0.2) is 18.2 Å². The van der Waals surface area contributed by atoms with Crippen LogP contribution in [0.1, 0.15) is 35.0 Å². The maximum atomic E-state index is 13.1. The van der Waals surface area contributed by atoms with Gasteiger partial charge in [0.25, 0.3) is 5.91 Å². The topological polar surface area (TPSA) is 78.7 Å². The van der Waals surface area contributed by atoms with E-state index in [1.165, 1.54) is 0 Å². The average molecular weight is 344 g/mol. The van der Waals surface area contributed by atoms with E-state index in [9.17, 15) is 4.79 Å². The van der Waals surface area contributed by atoms with Crippen molar-refractivity contribution in [2.75, 3.05) is 26.9 Å². The highest BCUT2D eigenvalue weighted by Crippen LogP contribution is 2.35. The molecule has 2 aromatic rings. The third-order valence-electron chi connectivity index (χ3n) is 4.45. The second-order valence-electron chi connectivity index (χ2n) is 6.20. The number of nitrogens with zero attached hydrogens (tertiary/aromatic N) is 4. The first-order valence-electron chi connectivity index (χ1n) is 8.28. The minimum Gasteiger partial charge on any atom is -0.486 e. The van der Waals surface area contributed by atoms with E-state index in [0.29, 0.717) is 50.0 Å². The molecule has 4 rings (SSSR count). The first-order chi connectivity index (χ1) is 12.2. The van der Waals surface area contributed by atoms with Gasteiger partial charge in [0, 0.05) is 13.7 Å². The summed E-state index contributed by atoms with van der Waals surface area (Å²) in [6, 6.07) is 5.48. The highest BCUT2D eigenvalue weighted by Gasteiger charge is 2.31. The van der Waals surface area contributed by atoms with Crippen LogP contribution in [0.2, 0.25) is 0 Å². The maximum absolute atomic E-state index is 13.1. The molecule has 3 heterocycles. The quantitative estimate of drug-likeness (QED) is 0.838. The molecule has 1 amide bonds. The Morgan fingerprint density at radius 1 is 1.32 bits per heavy atom. The summed E-state index contributed by atoms with van der Waals surface area (Å²) in [5, 5.41) is 8.40. The molecule has 0 fully saturated rings. The molecule has 1 atom stereocenters. The summed E-state index contributed by atoms with van der Waals surface area (Å²) < 4.78 is 18.5. The summed E-state index contributed by atoms with van der Waals surface area (Å²) in [4.78, 5) is 14.8. The highest BCUT2D eigenvalue weighted by atomic mass is 16.6. The van der Waals surface area contributed by atoms with Gasteiger partial charge in [-0.25, -0.2) is 0 Å². The van der Waals surface area contributed by atoms with Crippen molar-refractivity contribution in [2.45, 2.75) is 26.1 Å². The fourth-order valence-corrected chi connectivity index (χ4v) is 3.41. The Kier molecular flexibility index (Phi) is 4.04. The van der Waals surface area contributed by atoms with E-state index in [4.69, 9.17) is 14.2 Å². The Labute approximate surface area is 145 Å². The van der Waals surface area contributed by atoms with Gasteiger partial charge in [-0.05, 0) is 19.1 Å². The van der Waals surface area contributed by atoms with E-state index in [1.807, 2.05) is 23.6 Å². The highest BCUT2D eigenvalue weighted by molar-refractivity contribution is 5.98. The Bertz CT molecular complexity index is 804. The molecule has 0 aliphatic carbocycles. The number of methoxy groups -OCH3 is 1. The molecule has 0 N–H and O–H groups in total. The van der Waals surface area contributed by atoms with Crippen molar-refractivity contribution in [3.63, 3.8) is 0 Å². The summed E-state index contributed by atoms with van der Waals surface area (Å²) in [5.41, 5.74) is 0.523. The summed E-state index contributed by atoms with van der Waals surface area (Å²) in [6.45, 7) is 4.38. The van der Waals surface area contributed by atoms with E-state index in [0.717, 1.165) is 11.6 Å². The van der Waals surface area contributed by atoms with Crippen molar-refractivity contribution in [3.8, 4) is 11.5 Å². The lowest BCUT2D eigenvalue weighted by atomic mass is 10.1. The molecule has 0 saturated carbocycles. The van der Waals surface area contributed by atoms with E-state index < -0.39 is 0 Å². The van der Waals surface area contributed by atoms with Gasteiger partial charge in [0.05, 0.1) is 18.2 Å². The third kappa shape index (κ3) is 2.72. The van der Waals surface area contributed by atoms with Crippen LogP contribution in [0.25, 0.3) is 0 Å². The molecule has 0 radical (unpaired) electrons. The number of carbonyl (C=O) groups excluding carboxylic acids is 1. The molecule has 0 saturated heterocycles. The van der Waals surface area contributed by atoms with E-state index in [2.05, 4.69) is 10.2 Å². The van der Waals surface area contributed by atoms with E-state index >= 15 is 0 Å². The van der Waals surface area contributed by atoms with Gasteiger partial charge in [-0.3, -0.25) is 4.79 Å². The molecule has 1 aromatic heterocycles. The first kappa shape index (κ1) is 15.9. The van der Waals surface area contributed by atoms with E-state index in [-0.39, 0.29) is 11.9 Å². The average Bonchev–Trinajstić information content (AvgIpc) is 3.04. The zero-order valence-corrected chi connectivity index (χ0v) is 14.3. The van der Waals surface area contributed by atoms with Crippen LogP contribution in [0.3, 0.4) is 0 Å². The van der Waals surface area contributed by atoms with Crippen molar-refractivity contribution in [1.29, 1.82) is 0 Å². The number of fused-ring (bicyclic) bond motifs is 2. The Balaban J connectivity index is 1.62. The number of rotatable bonds is 3. The third-order valence-corrected chi connectivity index (χ3v) is 4.45. The number of hydrogen-bond donors (Lipinski definition) is 0. The predicted octanol–water partition coefficient (Wildman–Crippen LogP) is 1.41. The zero-order valence-electron chi connectivity index (χ0n) is 14.3. The van der Waals surface area contributed by atoms with Crippen LogP contribution in [0, 0.1) is 0 Å². The van der Waals surface area contributed by atoms with Gasteiger partial charge < -0.3 is 23.7 Å². The molecule has 2 aliphatic rings. The lowest BCUT2D eigenvalue weighted by molar-refractivity contribution is 0.0665. The molecule has 0 unspecified atom stereocenters. The van der Waals surface area contributed by atoms with Crippen molar-refractivity contribution in [3.05, 3.63) is 35.4 Å². The number of ether oxygens (including phenoxy) is 3. The van der Waals surface area contributed by atoms with Gasteiger partial charge in [-0.15, -0.1) is 10.2 Å². The van der Waals surface area contributed by atoms with Gasteiger partial charge in [-0.2, -0.15) is 0 Å². The first-order valence-corrected chi connectivity index (χ1v) is 8.28. The number of carbonyl (C=O) groups is 1. The zero-order chi connectivity index (χ0) is 17.4. The molecule has 2 aliphatic heterocycles. The number of benzene rings is 1. The SMILES string of the molecule is COCc1nnc2n1[C@@H](C)CN(C(=O)c1cccc3c1OCCO3)C2. The van der Waals surface area contributed by atoms with Crippen molar-refractivity contribution in [1.82, 2.24) is 19.7 Å². The summed E-state index contributed by atoms with van der Waals surface area (Å²) in [5.74, 6) is 2.61. The second-order valence-corrected chi connectivity index (χ2v) is 6.20. The molecule has 25 heavy (non-hydrogen) atoms. The van der Waals surface area contributed by atoms with Crippen molar-refractivity contribution in [2.24, 2.45) is 0 Å². The largest absolute Gasteiger partial charge is 0.486 e. The monoisotopic (exact) mass is 344 g/mol. The normalized spacial score (nSPS) is 18.8. The summed E-state index contributed by atoms with van der Waals surface area (Å²) >= 11 is 0. The van der Waals surface area contributed by atoms with E-state index in [1.54, 1.807) is 18.1 Å². The molecule has 0 spiro atoms. The molecule has 1 aromatic carbocycles. The van der Waals surface area contributed by atoms with Gasteiger partial charge in [0.1, 0.15) is 19.8 Å². The molecule has 132 valence electrons. The fraction of sp³-hybridized carbons (Fsp3) is 0.471. The maximum Gasteiger partial charge on any atom is 0.258 e. The van der Waals surface area contributed by atoms with Crippen molar-refractivity contribution < 1.29 is 19.0 Å². The molecule has 0 bridgehead atoms. The molecule has 8 heteroatoms. The Morgan fingerprint density at radius 2 is 2.16 bits per heavy atom. The number of aromatic nitrogens is 3. The lowest BCUT2D eigenvalue weighted by Crippen LogP contribution is -2.41. The smallest absolute Gasteiger partial charge is 0.258 e. The minimum atomic E-state index is -0.0864. The van der Waals surface area contributed by atoms with Gasteiger partial charge in [0.15, 0.2) is 23.1 Å². The predicted molar refractivity (Wildman–Crippen MR) is 87.6 cm³/mol. The van der Waals surface area contributed by atoms with Crippen LogP contribution < -0.4 is 9.47 Å². The van der Waals surface area contributed by atoms with Crippen LogP contribution in [-0.2, 0) is 17.9 Å². The van der Waals surface area contributed by atoms with Gasteiger partial charge in [-0.1, -0.05) is 6.07 Å². The Hall–Kier alpha value is -2.61. The summed E-state index contributed by atoms with van der Waals surface area (Å²) in [7, 11) is 1.63. The second kappa shape index (κ2) is 6.36. The number of hydrogen-bond acceptors (Lipinski definition) is 6. The van der Waals surface area contributed by atoms with Crippen LogP contribution in [0.4, 0.5) is 0 Å². The van der Waals surface area contributed by atoms with Crippen LogP contribution >= 0.6 is 0 Å². The fourth-order valence-electron chi connectivity index (χ4n) is 3.41. The summed E-state index contributed by atoms with van der Waals surface area (Å²) in [6.07, 6.45) is 0. The van der Waals surface area contributed by atoms with Crippen LogP contribution in [-0.4, -0.2) is 52.4 Å². The lowest BCUT2D eigenvalue weighted by Gasteiger charge is -2.33. The number of amides is 1. The standard InChI is InChI=1S/C17H20N4O4/c1-11-8-20(9-14-18-19-15(10-23-2)21(11)14)17(22)12-4-3-5-13-16(12)25-7-6-24-13/h3-5,11H,6-10H2,1-2H3/t11-/m0/s1. The van der Waals surface area contributed by atoms with Crippen molar-refractivity contribution >= 4 is 5.91 Å². The number of para-hydroxylation sites is 1. The van der Waals surface area contributed by atoms with Gasteiger partial charge >= 0.3 is 0 Å². The molecular weight excluding hydrogens is 324 g/mol. The molecule has 8 nitrogen and oxygen atoms in total. The molecular formula is C17H20N4O4. The van der Waals surface area contributed by atoms with Gasteiger partial charge in [0.2, 0.25) is 0 Å². The minimum absolute atomic E-state index is 0.0737. The van der Waals surface area contributed by atoms with Crippen LogP contribution in [0.5, 0.6) is 11.5 Å². The Morgan fingerprint density at radius 3 is 3.00 bits per heavy atom.